The van der Waals surface area contributed by atoms with Crippen LogP contribution in [0.15, 0.2) is 41.7 Å². The van der Waals surface area contributed by atoms with Crippen LogP contribution in [-0.2, 0) is 11.2 Å². The first-order chi connectivity index (χ1) is 7.15. The number of nitrogens with two attached hydrogens (primary N) is 1. The van der Waals surface area contributed by atoms with Gasteiger partial charge in [-0.1, -0.05) is 30.3 Å². The molecule has 0 aromatic heterocycles. The molecule has 4 N–H and O–H groups in total. The van der Waals surface area contributed by atoms with Crippen LogP contribution >= 0.6 is 0 Å². The molecule has 0 saturated carbocycles. The van der Waals surface area contributed by atoms with E-state index in [4.69, 9.17) is 10.8 Å². The molecule has 0 bridgehead atoms. The van der Waals surface area contributed by atoms with E-state index in [1.807, 2.05) is 30.3 Å². The minimum atomic E-state index is -0.800. The van der Waals surface area contributed by atoms with Crippen LogP contribution in [0.3, 0.4) is 0 Å². The maximum atomic E-state index is 10.8. The van der Waals surface area contributed by atoms with Gasteiger partial charge in [0.15, 0.2) is 0 Å². The minimum absolute atomic E-state index is 0.140. The Morgan fingerprint density at radius 2 is 1.87 bits per heavy atom. The second kappa shape index (κ2) is 5.17. The Morgan fingerprint density at radius 1 is 1.27 bits per heavy atom. The minimum Gasteiger partial charge on any atom is -0.511 e. The normalized spacial score (nSPS) is 12.1. The molecule has 0 spiro atoms. The van der Waals surface area contributed by atoms with E-state index in [0.717, 1.165) is 5.56 Å². The van der Waals surface area contributed by atoms with Gasteiger partial charge in [-0.3, -0.25) is 4.79 Å². The van der Waals surface area contributed by atoms with Gasteiger partial charge in [-0.05, 0) is 5.56 Å². The molecule has 0 atom stereocenters. The van der Waals surface area contributed by atoms with Crippen LogP contribution in [0.1, 0.15) is 5.56 Å². The van der Waals surface area contributed by atoms with Crippen molar-refractivity contribution in [2.45, 2.75) is 6.42 Å². The number of allylic oxidation sites excluding steroid dienone is 1. The van der Waals surface area contributed by atoms with E-state index in [1.165, 1.54) is 0 Å². The molecule has 1 rings (SSSR count). The van der Waals surface area contributed by atoms with Crippen molar-refractivity contribution in [1.29, 1.82) is 0 Å². The van der Waals surface area contributed by atoms with Gasteiger partial charge < -0.3 is 15.9 Å². The second-order valence-electron chi connectivity index (χ2n) is 3.11. The smallest absolute Gasteiger partial charge is 0.250 e. The SMILES string of the molecule is NC(=O)C(CO)=C(O)Cc1ccccc1. The zero-order valence-corrected chi connectivity index (χ0v) is 8.18. The average Bonchev–Trinajstić information content (AvgIpc) is 2.19. The van der Waals surface area contributed by atoms with E-state index < -0.39 is 12.5 Å². The topological polar surface area (TPSA) is 83.6 Å². The molecule has 4 heteroatoms. The van der Waals surface area contributed by atoms with E-state index in [2.05, 4.69) is 0 Å². The van der Waals surface area contributed by atoms with Crippen molar-refractivity contribution >= 4 is 5.91 Å². The van der Waals surface area contributed by atoms with E-state index in [1.54, 1.807) is 0 Å². The van der Waals surface area contributed by atoms with Crippen LogP contribution in [0.25, 0.3) is 0 Å². The zero-order valence-electron chi connectivity index (χ0n) is 8.18. The number of carbonyl (C=O) groups excluding carboxylic acids is 1. The summed E-state index contributed by atoms with van der Waals surface area (Å²) in [6.07, 6.45) is 0.194. The standard InChI is InChI=1S/C11H13NO3/c12-11(15)9(7-13)10(14)6-8-4-2-1-3-5-8/h1-5,13-14H,6-7H2,(H2,12,15). The molecule has 1 aromatic carbocycles. The fourth-order valence-electron chi connectivity index (χ4n) is 1.21. The van der Waals surface area contributed by atoms with Gasteiger partial charge in [0.2, 0.25) is 5.91 Å². The number of aliphatic hydroxyl groups is 2. The number of benzene rings is 1. The number of rotatable bonds is 4. The van der Waals surface area contributed by atoms with Crippen LogP contribution in [0, 0.1) is 0 Å². The predicted octanol–water partition coefficient (Wildman–Crippen LogP) is 0.519. The quantitative estimate of drug-likeness (QED) is 0.497. The lowest BCUT2D eigenvalue weighted by Crippen LogP contribution is -2.19. The molecule has 4 nitrogen and oxygen atoms in total. The lowest BCUT2D eigenvalue weighted by Gasteiger charge is -2.05. The summed E-state index contributed by atoms with van der Waals surface area (Å²) in [6.45, 7) is -0.548. The van der Waals surface area contributed by atoms with Crippen LogP contribution in [-0.4, -0.2) is 22.7 Å². The molecule has 0 fully saturated rings. The van der Waals surface area contributed by atoms with E-state index >= 15 is 0 Å². The Hall–Kier alpha value is -1.81. The molecule has 1 amide bonds. The van der Waals surface area contributed by atoms with Gasteiger partial charge in [0.05, 0.1) is 12.2 Å². The highest BCUT2D eigenvalue weighted by molar-refractivity contribution is 5.92. The van der Waals surface area contributed by atoms with Crippen LogP contribution in [0.4, 0.5) is 0 Å². The highest BCUT2D eigenvalue weighted by Gasteiger charge is 2.10. The van der Waals surface area contributed by atoms with Crippen LogP contribution in [0.2, 0.25) is 0 Å². The van der Waals surface area contributed by atoms with Gasteiger partial charge in [0.1, 0.15) is 5.76 Å². The second-order valence-corrected chi connectivity index (χ2v) is 3.11. The number of amides is 1. The summed E-state index contributed by atoms with van der Waals surface area (Å²) in [5.74, 6) is -0.984. The van der Waals surface area contributed by atoms with E-state index in [-0.39, 0.29) is 17.8 Å². The first-order valence-corrected chi connectivity index (χ1v) is 4.50. The Labute approximate surface area is 87.7 Å². The largest absolute Gasteiger partial charge is 0.511 e. The monoisotopic (exact) mass is 207 g/mol. The van der Waals surface area contributed by atoms with Crippen molar-refractivity contribution in [3.63, 3.8) is 0 Å². The summed E-state index contributed by atoms with van der Waals surface area (Å²) < 4.78 is 0. The third kappa shape index (κ3) is 3.11. The lowest BCUT2D eigenvalue weighted by molar-refractivity contribution is -0.115. The molecular weight excluding hydrogens is 194 g/mol. The number of hydrogen-bond donors (Lipinski definition) is 3. The van der Waals surface area contributed by atoms with Gasteiger partial charge >= 0.3 is 0 Å². The van der Waals surface area contributed by atoms with Gasteiger partial charge in [0.25, 0.3) is 0 Å². The van der Waals surface area contributed by atoms with Crippen molar-refractivity contribution in [1.82, 2.24) is 0 Å². The molecule has 1 aromatic rings. The molecule has 0 aliphatic heterocycles. The Bertz CT molecular complexity index is 371. The molecule has 0 aliphatic carbocycles. The predicted molar refractivity (Wildman–Crippen MR) is 56.1 cm³/mol. The number of hydrogen-bond acceptors (Lipinski definition) is 3. The first kappa shape index (κ1) is 11.3. The first-order valence-electron chi connectivity index (χ1n) is 4.50. The van der Waals surface area contributed by atoms with Gasteiger partial charge in [-0.2, -0.15) is 0 Å². The molecule has 0 heterocycles. The summed E-state index contributed by atoms with van der Waals surface area (Å²) in [7, 11) is 0. The molecular formula is C11H13NO3. The summed E-state index contributed by atoms with van der Waals surface area (Å²) in [4.78, 5) is 10.8. The number of primary amides is 1. The van der Waals surface area contributed by atoms with Crippen LogP contribution < -0.4 is 5.73 Å². The summed E-state index contributed by atoms with van der Waals surface area (Å²) in [6, 6.07) is 9.13. The molecule has 80 valence electrons. The van der Waals surface area contributed by atoms with Crippen molar-refractivity contribution < 1.29 is 15.0 Å². The fraction of sp³-hybridized carbons (Fsp3) is 0.182. The lowest BCUT2D eigenvalue weighted by atomic mass is 10.1. The molecule has 15 heavy (non-hydrogen) atoms. The highest BCUT2D eigenvalue weighted by Crippen LogP contribution is 2.09. The van der Waals surface area contributed by atoms with Crippen molar-refractivity contribution in [2.24, 2.45) is 5.73 Å². The summed E-state index contributed by atoms with van der Waals surface area (Å²) in [5.41, 5.74) is 5.69. The number of aliphatic hydroxyl groups excluding tert-OH is 2. The van der Waals surface area contributed by atoms with E-state index in [9.17, 15) is 9.90 Å². The van der Waals surface area contributed by atoms with Crippen molar-refractivity contribution in [2.75, 3.05) is 6.61 Å². The number of carbonyl (C=O) groups is 1. The molecule has 0 aliphatic rings. The maximum Gasteiger partial charge on any atom is 0.250 e. The summed E-state index contributed by atoms with van der Waals surface area (Å²) >= 11 is 0. The Kier molecular flexibility index (Phi) is 3.88. The third-order valence-corrected chi connectivity index (χ3v) is 2.02. The molecule has 0 unspecified atom stereocenters. The Balaban J connectivity index is 2.86. The van der Waals surface area contributed by atoms with Crippen molar-refractivity contribution in [3.05, 3.63) is 47.2 Å². The van der Waals surface area contributed by atoms with Crippen LogP contribution in [0.5, 0.6) is 0 Å². The molecule has 0 radical (unpaired) electrons. The third-order valence-electron chi connectivity index (χ3n) is 2.02. The average molecular weight is 207 g/mol. The van der Waals surface area contributed by atoms with E-state index in [0.29, 0.717) is 0 Å². The fourth-order valence-corrected chi connectivity index (χ4v) is 1.21. The molecule has 0 saturated heterocycles. The van der Waals surface area contributed by atoms with Gasteiger partial charge in [-0.25, -0.2) is 0 Å². The zero-order chi connectivity index (χ0) is 11.3. The maximum absolute atomic E-state index is 10.8. The van der Waals surface area contributed by atoms with Gasteiger partial charge in [0, 0.05) is 6.42 Å². The van der Waals surface area contributed by atoms with Crippen molar-refractivity contribution in [3.8, 4) is 0 Å². The Morgan fingerprint density at radius 3 is 2.33 bits per heavy atom. The van der Waals surface area contributed by atoms with Gasteiger partial charge in [-0.15, -0.1) is 0 Å². The summed E-state index contributed by atoms with van der Waals surface area (Å²) in [5, 5.41) is 18.4. The highest BCUT2D eigenvalue weighted by atomic mass is 16.3.